The quantitative estimate of drug-likeness (QED) is 0.778. The van der Waals surface area contributed by atoms with E-state index in [2.05, 4.69) is 6.92 Å². The normalized spacial score (nSPS) is 10.7. The lowest BCUT2D eigenvalue weighted by Crippen LogP contribution is -2.18. The zero-order valence-electron chi connectivity index (χ0n) is 13.2. The van der Waals surface area contributed by atoms with Crippen LogP contribution in [0.3, 0.4) is 0 Å². The Bertz CT molecular complexity index is 893. The van der Waals surface area contributed by atoms with E-state index in [9.17, 15) is 14.7 Å². The Morgan fingerprint density at radius 3 is 2.46 bits per heavy atom. The number of fused-ring (bicyclic) bond motifs is 1. The average molecular weight is 323 g/mol. The Balaban J connectivity index is 1.82. The summed E-state index contributed by atoms with van der Waals surface area (Å²) < 4.78 is 6.86. The summed E-state index contributed by atoms with van der Waals surface area (Å²) in [5, 5.41) is 9.81. The molecule has 24 heavy (non-hydrogen) atoms. The van der Waals surface area contributed by atoms with E-state index >= 15 is 0 Å². The first-order valence-electron chi connectivity index (χ1n) is 7.68. The Morgan fingerprint density at radius 2 is 1.79 bits per heavy atom. The van der Waals surface area contributed by atoms with Gasteiger partial charge in [0.2, 0.25) is 0 Å². The molecule has 0 aliphatic rings. The second-order valence-electron chi connectivity index (χ2n) is 5.41. The lowest BCUT2D eigenvalue weighted by Gasteiger charge is -2.07. The summed E-state index contributed by atoms with van der Waals surface area (Å²) in [6, 6.07) is 14.5. The minimum absolute atomic E-state index is 0.103. The molecule has 0 saturated heterocycles. The van der Waals surface area contributed by atoms with Gasteiger partial charge in [0.05, 0.1) is 11.1 Å². The van der Waals surface area contributed by atoms with E-state index < -0.39 is 5.97 Å². The van der Waals surface area contributed by atoms with Crippen LogP contribution in [0.1, 0.15) is 27.6 Å². The minimum atomic E-state index is -1.06. The van der Waals surface area contributed by atoms with Crippen molar-refractivity contribution >= 4 is 22.8 Å². The molecule has 0 aliphatic carbocycles. The van der Waals surface area contributed by atoms with E-state index in [1.165, 1.54) is 16.3 Å². The van der Waals surface area contributed by atoms with Crippen LogP contribution in [0, 0.1) is 0 Å². The van der Waals surface area contributed by atoms with Crippen molar-refractivity contribution < 1.29 is 19.4 Å². The topological polar surface area (TPSA) is 68.5 Å². The molecule has 0 aliphatic heterocycles. The molecule has 0 unspecified atom stereocenters. The van der Waals surface area contributed by atoms with Gasteiger partial charge in [0.1, 0.15) is 5.75 Å². The fraction of sp³-hybridized carbons (Fsp3) is 0.158. The van der Waals surface area contributed by atoms with E-state index in [0.717, 1.165) is 6.42 Å². The maximum absolute atomic E-state index is 12.4. The first-order valence-corrected chi connectivity index (χ1v) is 7.68. The molecule has 5 nitrogen and oxygen atoms in total. The van der Waals surface area contributed by atoms with Crippen LogP contribution in [0.25, 0.3) is 10.9 Å². The fourth-order valence-corrected chi connectivity index (χ4v) is 2.59. The maximum atomic E-state index is 12.4. The van der Waals surface area contributed by atoms with E-state index in [-0.39, 0.29) is 18.1 Å². The van der Waals surface area contributed by atoms with Gasteiger partial charge in [0.25, 0.3) is 5.91 Å². The minimum Gasteiger partial charge on any atom is -0.484 e. The number of para-hydroxylation sites is 1. The summed E-state index contributed by atoms with van der Waals surface area (Å²) >= 11 is 0. The number of carboxylic acid groups (broad SMARTS) is 1. The number of hydrogen-bond acceptors (Lipinski definition) is 3. The van der Waals surface area contributed by atoms with Gasteiger partial charge in [-0.1, -0.05) is 37.3 Å². The largest absolute Gasteiger partial charge is 0.484 e. The van der Waals surface area contributed by atoms with Crippen LogP contribution in [0.4, 0.5) is 0 Å². The number of hydrogen-bond donors (Lipinski definition) is 1. The number of carbonyl (C=O) groups excluding carboxylic acids is 1. The molecule has 0 radical (unpaired) electrons. The number of rotatable bonds is 5. The summed E-state index contributed by atoms with van der Waals surface area (Å²) in [5.74, 6) is -0.775. The Hall–Kier alpha value is -3.08. The molecule has 0 fully saturated rings. The van der Waals surface area contributed by atoms with Gasteiger partial charge < -0.3 is 9.84 Å². The third kappa shape index (κ3) is 3.01. The van der Waals surface area contributed by atoms with Crippen LogP contribution in [0.5, 0.6) is 5.75 Å². The van der Waals surface area contributed by atoms with Crippen LogP contribution in [0.2, 0.25) is 0 Å². The molecule has 1 heterocycles. The van der Waals surface area contributed by atoms with Crippen molar-refractivity contribution in [2.75, 3.05) is 6.61 Å². The molecule has 2 aromatic carbocycles. The van der Waals surface area contributed by atoms with Crippen LogP contribution in [0.15, 0.2) is 54.7 Å². The van der Waals surface area contributed by atoms with Crippen molar-refractivity contribution in [3.05, 3.63) is 65.9 Å². The molecular formula is C19H17NO4. The van der Waals surface area contributed by atoms with Crippen molar-refractivity contribution in [3.8, 4) is 5.75 Å². The van der Waals surface area contributed by atoms with E-state index in [0.29, 0.717) is 16.7 Å². The van der Waals surface area contributed by atoms with Gasteiger partial charge in [-0.2, -0.15) is 0 Å². The highest BCUT2D eigenvalue weighted by Gasteiger charge is 2.17. The molecule has 3 aromatic rings. The predicted octanol–water partition coefficient (Wildman–Crippen LogP) is 3.62. The SMILES string of the molecule is CCc1ccc(OCC(=O)n2cc(C(=O)O)c3ccccc32)cc1. The highest BCUT2D eigenvalue weighted by atomic mass is 16.5. The second-order valence-corrected chi connectivity index (χ2v) is 5.41. The third-order valence-electron chi connectivity index (χ3n) is 3.90. The maximum Gasteiger partial charge on any atom is 0.337 e. The Morgan fingerprint density at radius 1 is 1.08 bits per heavy atom. The first-order chi connectivity index (χ1) is 11.6. The van der Waals surface area contributed by atoms with Crippen LogP contribution in [-0.4, -0.2) is 28.2 Å². The number of carbonyl (C=O) groups is 2. The fourth-order valence-electron chi connectivity index (χ4n) is 2.59. The standard InChI is InChI=1S/C19H17NO4/c1-2-13-7-9-14(10-8-13)24-12-18(21)20-11-16(19(22)23)15-5-3-4-6-17(15)20/h3-11H,2,12H2,1H3,(H,22,23). The number of carboxylic acids is 1. The van der Waals surface area contributed by atoms with Crippen molar-refractivity contribution in [2.45, 2.75) is 13.3 Å². The van der Waals surface area contributed by atoms with Gasteiger partial charge in [-0.05, 0) is 30.2 Å². The zero-order chi connectivity index (χ0) is 17.1. The van der Waals surface area contributed by atoms with Crippen LogP contribution < -0.4 is 4.74 Å². The first kappa shape index (κ1) is 15.8. The highest BCUT2D eigenvalue weighted by molar-refractivity contribution is 6.06. The van der Waals surface area contributed by atoms with Crippen molar-refractivity contribution in [1.29, 1.82) is 0 Å². The van der Waals surface area contributed by atoms with Crippen molar-refractivity contribution in [2.24, 2.45) is 0 Å². The van der Waals surface area contributed by atoms with Gasteiger partial charge >= 0.3 is 5.97 Å². The molecule has 3 rings (SSSR count). The van der Waals surface area contributed by atoms with Gasteiger partial charge in [0.15, 0.2) is 6.61 Å². The summed E-state index contributed by atoms with van der Waals surface area (Å²) in [6.45, 7) is 1.90. The monoisotopic (exact) mass is 323 g/mol. The summed E-state index contributed by atoms with van der Waals surface area (Å²) in [6.07, 6.45) is 2.28. The molecule has 5 heteroatoms. The van der Waals surface area contributed by atoms with Crippen LogP contribution >= 0.6 is 0 Å². The number of benzene rings is 2. The van der Waals surface area contributed by atoms with Gasteiger partial charge in [-0.25, -0.2) is 4.79 Å². The number of aromatic carboxylic acids is 1. The van der Waals surface area contributed by atoms with E-state index in [1.54, 1.807) is 24.3 Å². The molecule has 1 aromatic heterocycles. The summed E-state index contributed by atoms with van der Waals surface area (Å²) in [4.78, 5) is 23.8. The molecule has 0 saturated carbocycles. The lowest BCUT2D eigenvalue weighted by molar-refractivity contribution is 0.0699. The zero-order valence-corrected chi connectivity index (χ0v) is 13.2. The smallest absolute Gasteiger partial charge is 0.337 e. The lowest BCUT2D eigenvalue weighted by atomic mass is 10.2. The van der Waals surface area contributed by atoms with Gasteiger partial charge in [0, 0.05) is 11.6 Å². The number of aromatic nitrogens is 1. The number of nitrogens with zero attached hydrogens (tertiary/aromatic N) is 1. The predicted molar refractivity (Wildman–Crippen MR) is 90.8 cm³/mol. The molecule has 0 spiro atoms. The number of ether oxygens (including phenoxy) is 1. The second kappa shape index (κ2) is 6.58. The molecule has 1 N–H and O–H groups in total. The molecular weight excluding hydrogens is 306 g/mol. The Kier molecular flexibility index (Phi) is 4.33. The van der Waals surface area contributed by atoms with Gasteiger partial charge in [-0.3, -0.25) is 9.36 Å². The molecule has 0 bridgehead atoms. The molecule has 0 amide bonds. The number of aryl methyl sites for hydroxylation is 1. The average Bonchev–Trinajstić information content (AvgIpc) is 3.00. The highest BCUT2D eigenvalue weighted by Crippen LogP contribution is 2.21. The Labute approximate surface area is 139 Å². The van der Waals surface area contributed by atoms with Crippen molar-refractivity contribution in [3.63, 3.8) is 0 Å². The van der Waals surface area contributed by atoms with E-state index in [1.807, 2.05) is 24.3 Å². The van der Waals surface area contributed by atoms with Crippen molar-refractivity contribution in [1.82, 2.24) is 4.57 Å². The summed E-state index contributed by atoms with van der Waals surface area (Å²) in [5.41, 5.74) is 1.85. The van der Waals surface area contributed by atoms with Crippen LogP contribution in [-0.2, 0) is 6.42 Å². The van der Waals surface area contributed by atoms with Gasteiger partial charge in [-0.15, -0.1) is 0 Å². The molecule has 0 atom stereocenters. The summed E-state index contributed by atoms with van der Waals surface area (Å²) in [7, 11) is 0. The van der Waals surface area contributed by atoms with E-state index in [4.69, 9.17) is 4.74 Å². The molecule has 122 valence electrons. The third-order valence-corrected chi connectivity index (χ3v) is 3.90.